The van der Waals surface area contributed by atoms with E-state index in [9.17, 15) is 0 Å². The van der Waals surface area contributed by atoms with Crippen molar-refractivity contribution in [2.24, 2.45) is 0 Å². The second-order valence-corrected chi connectivity index (χ2v) is 7.36. The molecule has 1 unspecified atom stereocenters. The number of aryl methyl sites for hydroxylation is 1. The van der Waals surface area contributed by atoms with Gasteiger partial charge in [-0.25, -0.2) is 4.98 Å². The van der Waals surface area contributed by atoms with E-state index in [4.69, 9.17) is 23.8 Å². The van der Waals surface area contributed by atoms with Crippen molar-refractivity contribution in [1.82, 2.24) is 4.90 Å². The summed E-state index contributed by atoms with van der Waals surface area (Å²) in [7, 11) is 4.30. The van der Waals surface area contributed by atoms with E-state index >= 15 is 0 Å². The number of halogens is 1. The van der Waals surface area contributed by atoms with Gasteiger partial charge in [0.2, 0.25) is 5.69 Å². The minimum atomic E-state index is 0.139. The molecule has 3 N–H and O–H groups in total. The number of anilines is 1. The number of hydrogen-bond acceptors (Lipinski definition) is 1. The summed E-state index contributed by atoms with van der Waals surface area (Å²) in [5.41, 5.74) is 3.19. The van der Waals surface area contributed by atoms with E-state index in [-0.39, 0.29) is 6.04 Å². The number of H-pyrrole nitrogens is 1. The molecule has 6 heteroatoms. The van der Waals surface area contributed by atoms with Crippen LogP contribution in [0.1, 0.15) is 24.2 Å². The Kier molecular flexibility index (Phi) is 7.17. The fourth-order valence-corrected chi connectivity index (χ4v) is 3.10. The van der Waals surface area contributed by atoms with Gasteiger partial charge < -0.3 is 15.1 Å². The molecule has 0 fully saturated rings. The lowest BCUT2D eigenvalue weighted by molar-refractivity contribution is -0.857. The summed E-state index contributed by atoms with van der Waals surface area (Å²) in [6.07, 6.45) is 1.94. The average molecular weight is 379 g/mol. The quantitative estimate of drug-likeness (QED) is 0.757. The van der Waals surface area contributed by atoms with Crippen LogP contribution in [0.15, 0.2) is 42.6 Å². The van der Waals surface area contributed by atoms with Gasteiger partial charge in [-0.05, 0) is 43.8 Å². The van der Waals surface area contributed by atoms with Crippen molar-refractivity contribution >= 4 is 34.6 Å². The van der Waals surface area contributed by atoms with Crippen LogP contribution in [0.4, 0.5) is 5.69 Å². The van der Waals surface area contributed by atoms with Crippen molar-refractivity contribution in [2.75, 3.05) is 32.5 Å². The second kappa shape index (κ2) is 9.13. The lowest BCUT2D eigenvalue weighted by atomic mass is 10.2. The minimum Gasteiger partial charge on any atom is -0.338 e. The zero-order valence-corrected chi connectivity index (χ0v) is 16.8. The summed E-state index contributed by atoms with van der Waals surface area (Å²) >= 11 is 11.9. The van der Waals surface area contributed by atoms with E-state index in [0.717, 1.165) is 30.0 Å². The SMILES string of the molecule is Cc1ccc(Cl)cc1NC(=S)N(CC[NH+](C)C)C(C)c1cccc[nH+]1. The Hall–Kier alpha value is -1.69. The van der Waals surface area contributed by atoms with Gasteiger partial charge in [-0.15, -0.1) is 0 Å². The molecule has 1 aromatic carbocycles. The maximum atomic E-state index is 6.14. The normalized spacial score (nSPS) is 12.1. The first-order valence-corrected chi connectivity index (χ1v) is 9.26. The average Bonchev–Trinajstić information content (AvgIpc) is 2.58. The van der Waals surface area contributed by atoms with Crippen molar-refractivity contribution in [2.45, 2.75) is 19.9 Å². The van der Waals surface area contributed by atoms with Gasteiger partial charge in [-0.2, -0.15) is 0 Å². The molecule has 0 saturated heterocycles. The highest BCUT2D eigenvalue weighted by Crippen LogP contribution is 2.22. The van der Waals surface area contributed by atoms with Crippen LogP contribution in [-0.4, -0.2) is 37.2 Å². The Morgan fingerprint density at radius 2 is 2.08 bits per heavy atom. The Balaban J connectivity index is 2.21. The monoisotopic (exact) mass is 378 g/mol. The second-order valence-electron chi connectivity index (χ2n) is 6.53. The van der Waals surface area contributed by atoms with Crippen LogP contribution < -0.4 is 15.2 Å². The number of aromatic amines is 1. The first-order valence-electron chi connectivity index (χ1n) is 8.48. The Bertz CT molecular complexity index is 706. The number of pyridine rings is 1. The molecule has 0 amide bonds. The highest BCUT2D eigenvalue weighted by Gasteiger charge is 2.24. The Morgan fingerprint density at radius 3 is 2.72 bits per heavy atom. The molecule has 0 aliphatic carbocycles. The van der Waals surface area contributed by atoms with Gasteiger partial charge in [0.15, 0.2) is 11.3 Å². The van der Waals surface area contributed by atoms with Crippen LogP contribution in [0.25, 0.3) is 0 Å². The van der Waals surface area contributed by atoms with Crippen molar-refractivity contribution in [3.63, 3.8) is 0 Å². The van der Waals surface area contributed by atoms with Crippen molar-refractivity contribution in [3.8, 4) is 0 Å². The third-order valence-electron chi connectivity index (χ3n) is 4.21. The standard InChI is InChI=1S/C19H25ClN4S/c1-14-8-9-16(20)13-18(14)22-19(25)24(12-11-23(3)4)15(2)17-7-5-6-10-21-17/h5-10,13,15H,11-12H2,1-4H3,(H,22,25)/p+2. The molecule has 4 nitrogen and oxygen atoms in total. The van der Waals surface area contributed by atoms with E-state index in [0.29, 0.717) is 10.1 Å². The number of thiocarbonyl (C=S) groups is 1. The van der Waals surface area contributed by atoms with Gasteiger partial charge in [0.05, 0.1) is 27.2 Å². The lowest BCUT2D eigenvalue weighted by Gasteiger charge is -2.30. The molecule has 1 atom stereocenters. The topological polar surface area (TPSA) is 33.9 Å². The van der Waals surface area contributed by atoms with Crippen LogP contribution in [0, 0.1) is 6.92 Å². The smallest absolute Gasteiger partial charge is 0.202 e. The van der Waals surface area contributed by atoms with Gasteiger partial charge in [0, 0.05) is 22.8 Å². The van der Waals surface area contributed by atoms with E-state index in [1.165, 1.54) is 4.90 Å². The molecule has 0 spiro atoms. The summed E-state index contributed by atoms with van der Waals surface area (Å²) < 4.78 is 0. The summed E-state index contributed by atoms with van der Waals surface area (Å²) in [6.45, 7) is 6.06. The predicted molar refractivity (Wildman–Crippen MR) is 108 cm³/mol. The maximum Gasteiger partial charge on any atom is 0.202 e. The van der Waals surface area contributed by atoms with E-state index in [2.05, 4.69) is 42.3 Å². The molecule has 1 aromatic heterocycles. The summed E-state index contributed by atoms with van der Waals surface area (Å²) in [4.78, 5) is 6.92. The number of rotatable bonds is 6. The third-order valence-corrected chi connectivity index (χ3v) is 4.78. The number of benzene rings is 1. The molecule has 0 radical (unpaired) electrons. The molecule has 2 aromatic rings. The van der Waals surface area contributed by atoms with Gasteiger partial charge in [-0.1, -0.05) is 23.7 Å². The summed E-state index contributed by atoms with van der Waals surface area (Å²) in [5.74, 6) is 0. The number of nitrogens with zero attached hydrogens (tertiary/aromatic N) is 1. The lowest BCUT2D eigenvalue weighted by Crippen LogP contribution is -3.06. The van der Waals surface area contributed by atoms with E-state index < -0.39 is 0 Å². The zero-order valence-electron chi connectivity index (χ0n) is 15.3. The molecule has 134 valence electrons. The fraction of sp³-hybridized carbons (Fsp3) is 0.368. The third kappa shape index (κ3) is 5.66. The molecule has 2 rings (SSSR count). The number of likely N-dealkylation sites (N-methyl/N-ethyl adjacent to an activating group) is 1. The predicted octanol–water partition coefficient (Wildman–Crippen LogP) is 2.37. The summed E-state index contributed by atoms with van der Waals surface area (Å²) in [6, 6.07) is 12.0. The molecule has 0 saturated carbocycles. The Labute approximate surface area is 160 Å². The highest BCUT2D eigenvalue weighted by molar-refractivity contribution is 7.80. The van der Waals surface area contributed by atoms with Crippen LogP contribution >= 0.6 is 23.8 Å². The van der Waals surface area contributed by atoms with Gasteiger partial charge in [0.25, 0.3) is 0 Å². The van der Waals surface area contributed by atoms with E-state index in [1.54, 1.807) is 0 Å². The molecular weight excluding hydrogens is 352 g/mol. The molecule has 0 bridgehead atoms. The molecule has 0 aliphatic heterocycles. The van der Waals surface area contributed by atoms with Gasteiger partial charge in [0.1, 0.15) is 6.04 Å². The number of hydrogen-bond donors (Lipinski definition) is 2. The summed E-state index contributed by atoms with van der Waals surface area (Å²) in [5, 5.41) is 4.78. The van der Waals surface area contributed by atoms with Crippen LogP contribution in [-0.2, 0) is 0 Å². The van der Waals surface area contributed by atoms with Crippen LogP contribution in [0.3, 0.4) is 0 Å². The largest absolute Gasteiger partial charge is 0.338 e. The van der Waals surface area contributed by atoms with Gasteiger partial charge in [-0.3, -0.25) is 0 Å². The maximum absolute atomic E-state index is 6.14. The minimum absolute atomic E-state index is 0.139. The zero-order chi connectivity index (χ0) is 18.4. The van der Waals surface area contributed by atoms with Crippen LogP contribution in [0.5, 0.6) is 0 Å². The van der Waals surface area contributed by atoms with E-state index in [1.807, 2.05) is 43.5 Å². The number of quaternary nitrogens is 1. The number of aromatic nitrogens is 1. The first kappa shape index (κ1) is 19.6. The first-order chi connectivity index (χ1) is 11.9. The molecular formula is C19H27ClN4S+2. The fourth-order valence-electron chi connectivity index (χ4n) is 2.57. The Morgan fingerprint density at radius 1 is 1.32 bits per heavy atom. The van der Waals surface area contributed by atoms with Gasteiger partial charge >= 0.3 is 0 Å². The molecule has 0 aliphatic rings. The van der Waals surface area contributed by atoms with Crippen LogP contribution in [0.2, 0.25) is 5.02 Å². The highest BCUT2D eigenvalue weighted by atomic mass is 35.5. The molecule has 25 heavy (non-hydrogen) atoms. The number of nitrogens with one attached hydrogen (secondary N) is 3. The van der Waals surface area contributed by atoms with Crippen molar-refractivity contribution < 1.29 is 9.88 Å². The molecule has 1 heterocycles. The van der Waals surface area contributed by atoms with Crippen molar-refractivity contribution in [3.05, 3.63) is 58.9 Å². The van der Waals surface area contributed by atoms with Crippen molar-refractivity contribution in [1.29, 1.82) is 0 Å².